The molecule has 0 atom stereocenters. The van der Waals surface area contributed by atoms with E-state index in [1.807, 2.05) is 24.3 Å². The first kappa shape index (κ1) is 14.2. The first-order valence-corrected chi connectivity index (χ1v) is 6.75. The Morgan fingerprint density at radius 2 is 2.20 bits per heavy atom. The highest BCUT2D eigenvalue weighted by atomic mass is 79.9. The molecule has 6 heteroatoms. The van der Waals surface area contributed by atoms with Gasteiger partial charge in [-0.3, -0.25) is 4.98 Å². The van der Waals surface area contributed by atoms with Gasteiger partial charge in [-0.15, -0.1) is 0 Å². The minimum absolute atomic E-state index is 0.384. The summed E-state index contributed by atoms with van der Waals surface area (Å²) >= 11 is 3.27. The highest BCUT2D eigenvalue weighted by molar-refractivity contribution is 9.10. The summed E-state index contributed by atoms with van der Waals surface area (Å²) in [5.74, 6) is 0. The van der Waals surface area contributed by atoms with E-state index < -0.39 is 0 Å². The highest BCUT2D eigenvalue weighted by Crippen LogP contribution is 2.11. The van der Waals surface area contributed by atoms with E-state index in [0.717, 1.165) is 15.9 Å². The summed E-state index contributed by atoms with van der Waals surface area (Å²) in [6.07, 6.45) is 6.69. The van der Waals surface area contributed by atoms with Gasteiger partial charge in [0.25, 0.3) is 0 Å². The van der Waals surface area contributed by atoms with Crippen molar-refractivity contribution in [1.29, 1.82) is 5.41 Å². The monoisotopic (exact) mass is 331 g/mol. The van der Waals surface area contributed by atoms with Gasteiger partial charge < -0.3 is 16.5 Å². The molecule has 0 aromatic carbocycles. The number of halogens is 1. The largest absolute Gasteiger partial charge is 0.398 e. The first-order chi connectivity index (χ1) is 9.65. The number of nitrogens with one attached hydrogen (secondary N) is 2. The van der Waals surface area contributed by atoms with Gasteiger partial charge in [0.2, 0.25) is 0 Å². The normalized spacial score (nSPS) is 11.2. The Morgan fingerprint density at radius 1 is 1.35 bits per heavy atom. The summed E-state index contributed by atoms with van der Waals surface area (Å²) in [5.41, 5.74) is 8.50. The topological polar surface area (TPSA) is 87.7 Å². The lowest BCUT2D eigenvalue weighted by molar-refractivity contribution is 1.25. The number of anilines is 1. The SMILES string of the molecule is N=C(/C=C(\N)c1ccc(Br)nc1)CNc1cccnc1. The van der Waals surface area contributed by atoms with E-state index in [2.05, 4.69) is 31.2 Å². The number of nitrogens with two attached hydrogens (primary N) is 1. The van der Waals surface area contributed by atoms with Crippen LogP contribution in [-0.4, -0.2) is 22.2 Å². The molecule has 20 heavy (non-hydrogen) atoms. The van der Waals surface area contributed by atoms with Crippen LogP contribution in [0, 0.1) is 5.41 Å². The van der Waals surface area contributed by atoms with Crippen LogP contribution in [0.1, 0.15) is 5.56 Å². The Balaban J connectivity index is 1.96. The minimum atomic E-state index is 0.384. The smallest absolute Gasteiger partial charge is 0.106 e. The van der Waals surface area contributed by atoms with Crippen molar-refractivity contribution in [1.82, 2.24) is 9.97 Å². The number of rotatable bonds is 5. The minimum Gasteiger partial charge on any atom is -0.398 e. The van der Waals surface area contributed by atoms with Crippen molar-refractivity contribution < 1.29 is 0 Å². The van der Waals surface area contributed by atoms with Crippen molar-refractivity contribution in [2.75, 3.05) is 11.9 Å². The van der Waals surface area contributed by atoms with Crippen LogP contribution in [0.15, 0.2) is 53.5 Å². The lowest BCUT2D eigenvalue weighted by Gasteiger charge is -2.06. The fraction of sp³-hybridized carbons (Fsp3) is 0.0714. The zero-order chi connectivity index (χ0) is 14.4. The van der Waals surface area contributed by atoms with Gasteiger partial charge in [-0.2, -0.15) is 0 Å². The molecule has 0 amide bonds. The van der Waals surface area contributed by atoms with Crippen LogP contribution in [-0.2, 0) is 0 Å². The van der Waals surface area contributed by atoms with Gasteiger partial charge in [0.05, 0.1) is 17.9 Å². The summed E-state index contributed by atoms with van der Waals surface area (Å²) in [5, 5.41) is 11.0. The van der Waals surface area contributed by atoms with Gasteiger partial charge in [-0.1, -0.05) is 0 Å². The number of hydrogen-bond acceptors (Lipinski definition) is 5. The Bertz CT molecular complexity index is 607. The van der Waals surface area contributed by atoms with E-state index in [-0.39, 0.29) is 0 Å². The molecule has 0 radical (unpaired) electrons. The van der Waals surface area contributed by atoms with E-state index in [1.165, 1.54) is 0 Å². The summed E-state index contributed by atoms with van der Waals surface area (Å²) < 4.78 is 0.752. The molecule has 0 saturated carbocycles. The van der Waals surface area contributed by atoms with Gasteiger partial charge in [0, 0.05) is 29.9 Å². The third-order valence-corrected chi connectivity index (χ3v) is 3.00. The molecule has 0 aliphatic rings. The predicted molar refractivity (Wildman–Crippen MR) is 84.6 cm³/mol. The van der Waals surface area contributed by atoms with Crippen molar-refractivity contribution >= 4 is 33.0 Å². The molecule has 0 fully saturated rings. The second-order valence-electron chi connectivity index (χ2n) is 4.09. The summed E-state index contributed by atoms with van der Waals surface area (Å²) in [6.45, 7) is 0.385. The van der Waals surface area contributed by atoms with Crippen LogP contribution >= 0.6 is 15.9 Å². The van der Waals surface area contributed by atoms with Crippen LogP contribution in [0.4, 0.5) is 5.69 Å². The molecule has 0 bridgehead atoms. The fourth-order valence-electron chi connectivity index (χ4n) is 1.53. The zero-order valence-corrected chi connectivity index (χ0v) is 12.3. The summed E-state index contributed by atoms with van der Waals surface area (Å²) in [7, 11) is 0. The molecule has 5 nitrogen and oxygen atoms in total. The molecule has 0 aliphatic heterocycles. The van der Waals surface area contributed by atoms with E-state index in [9.17, 15) is 0 Å². The molecule has 2 rings (SSSR count). The Kier molecular flexibility index (Phi) is 4.84. The van der Waals surface area contributed by atoms with Crippen molar-refractivity contribution in [2.45, 2.75) is 0 Å². The van der Waals surface area contributed by atoms with Crippen LogP contribution < -0.4 is 11.1 Å². The molecule has 0 spiro atoms. The lowest BCUT2D eigenvalue weighted by atomic mass is 10.2. The Hall–Kier alpha value is -2.21. The third kappa shape index (κ3) is 4.17. The molecule has 2 heterocycles. The van der Waals surface area contributed by atoms with Crippen molar-refractivity contribution in [3.63, 3.8) is 0 Å². The van der Waals surface area contributed by atoms with E-state index in [4.69, 9.17) is 11.1 Å². The molecule has 0 aliphatic carbocycles. The molecule has 0 saturated heterocycles. The van der Waals surface area contributed by atoms with Gasteiger partial charge >= 0.3 is 0 Å². The van der Waals surface area contributed by atoms with Gasteiger partial charge in [-0.25, -0.2) is 4.98 Å². The van der Waals surface area contributed by atoms with Gasteiger partial charge in [-0.05, 0) is 46.3 Å². The third-order valence-electron chi connectivity index (χ3n) is 2.53. The number of nitrogens with zero attached hydrogens (tertiary/aromatic N) is 2. The lowest BCUT2D eigenvalue weighted by Crippen LogP contribution is -2.12. The average molecular weight is 332 g/mol. The van der Waals surface area contributed by atoms with E-state index in [1.54, 1.807) is 24.7 Å². The van der Waals surface area contributed by atoms with Gasteiger partial charge in [0.1, 0.15) is 4.60 Å². The molecular weight excluding hydrogens is 318 g/mol. The molecular formula is C14H14BrN5. The standard InChI is InChI=1S/C14H14BrN5/c15-14-4-3-10(7-20-14)13(17)6-11(16)8-19-12-2-1-5-18-9-12/h1-7,9,16,19H,8,17H2/b13-6-,16-11?. The molecule has 102 valence electrons. The van der Waals surface area contributed by atoms with Crippen molar-refractivity contribution in [3.8, 4) is 0 Å². The maximum atomic E-state index is 7.89. The summed E-state index contributed by atoms with van der Waals surface area (Å²) in [4.78, 5) is 8.10. The molecule has 0 unspecified atom stereocenters. The Morgan fingerprint density at radius 3 is 2.85 bits per heavy atom. The first-order valence-electron chi connectivity index (χ1n) is 5.95. The number of pyridine rings is 2. The Labute approximate surface area is 125 Å². The van der Waals surface area contributed by atoms with Gasteiger partial charge in [0.15, 0.2) is 0 Å². The van der Waals surface area contributed by atoms with Crippen molar-refractivity contribution in [3.05, 3.63) is 59.1 Å². The fourth-order valence-corrected chi connectivity index (χ4v) is 1.77. The van der Waals surface area contributed by atoms with Crippen molar-refractivity contribution in [2.24, 2.45) is 5.73 Å². The predicted octanol–water partition coefficient (Wildman–Crippen LogP) is 2.67. The average Bonchev–Trinajstić information content (AvgIpc) is 2.47. The van der Waals surface area contributed by atoms with Crippen LogP contribution in [0.5, 0.6) is 0 Å². The zero-order valence-electron chi connectivity index (χ0n) is 10.7. The van der Waals surface area contributed by atoms with Crippen LogP contribution in [0.3, 0.4) is 0 Å². The van der Waals surface area contributed by atoms with E-state index in [0.29, 0.717) is 18.0 Å². The van der Waals surface area contributed by atoms with Crippen LogP contribution in [0.25, 0.3) is 5.70 Å². The van der Waals surface area contributed by atoms with Crippen LogP contribution in [0.2, 0.25) is 0 Å². The second-order valence-corrected chi connectivity index (χ2v) is 4.90. The molecule has 2 aromatic rings. The number of hydrogen-bond donors (Lipinski definition) is 3. The quantitative estimate of drug-likeness (QED) is 0.580. The highest BCUT2D eigenvalue weighted by Gasteiger charge is 2.00. The van der Waals surface area contributed by atoms with E-state index >= 15 is 0 Å². The summed E-state index contributed by atoms with van der Waals surface area (Å²) in [6, 6.07) is 7.40. The molecule has 4 N–H and O–H groups in total. The second kappa shape index (κ2) is 6.81. The number of aromatic nitrogens is 2. The maximum absolute atomic E-state index is 7.89. The maximum Gasteiger partial charge on any atom is 0.106 e. The molecule has 2 aromatic heterocycles.